The molecule has 9 heteroatoms. The molecule has 2 aromatic rings. The van der Waals surface area contributed by atoms with Crippen molar-refractivity contribution in [2.75, 3.05) is 36.2 Å². The van der Waals surface area contributed by atoms with E-state index in [1.807, 2.05) is 31.2 Å². The summed E-state index contributed by atoms with van der Waals surface area (Å²) in [6, 6.07) is 7.87. The van der Waals surface area contributed by atoms with Gasteiger partial charge in [-0.15, -0.1) is 0 Å². The third kappa shape index (κ3) is 5.68. The van der Waals surface area contributed by atoms with Crippen LogP contribution >= 0.6 is 12.2 Å². The van der Waals surface area contributed by atoms with E-state index >= 15 is 0 Å². The number of aryl methyl sites for hydroxylation is 1. The van der Waals surface area contributed by atoms with Gasteiger partial charge >= 0.3 is 5.69 Å². The highest BCUT2D eigenvalue weighted by atomic mass is 32.1. The lowest BCUT2D eigenvalue weighted by Gasteiger charge is -2.27. The first kappa shape index (κ1) is 22.6. The van der Waals surface area contributed by atoms with Crippen LogP contribution in [0.25, 0.3) is 0 Å². The average Bonchev–Trinajstić information content (AvgIpc) is 2.70. The number of nitrogen functional groups attached to an aromatic ring is 1. The van der Waals surface area contributed by atoms with E-state index < -0.39 is 11.2 Å². The predicted molar refractivity (Wildman–Crippen MR) is 122 cm³/mol. The number of hydrogen-bond donors (Lipinski definition) is 3. The fraction of sp³-hybridized carbons (Fsp3) is 0.450. The molecule has 0 saturated heterocycles. The van der Waals surface area contributed by atoms with Crippen LogP contribution in [-0.2, 0) is 17.7 Å². The van der Waals surface area contributed by atoms with Crippen LogP contribution in [0.4, 0.5) is 17.2 Å². The number of rotatable bonds is 9. The summed E-state index contributed by atoms with van der Waals surface area (Å²) in [5, 5.41) is 3.46. The maximum atomic E-state index is 12.6. The number of hydrogen-bond acceptors (Lipinski definition) is 5. The molecule has 1 aromatic heterocycles. The summed E-state index contributed by atoms with van der Waals surface area (Å²) in [4.78, 5) is 28.8. The van der Waals surface area contributed by atoms with Gasteiger partial charge in [0, 0.05) is 25.9 Å². The second kappa shape index (κ2) is 10.8. The maximum absolute atomic E-state index is 12.6. The van der Waals surface area contributed by atoms with Gasteiger partial charge in [0.1, 0.15) is 5.82 Å². The maximum Gasteiger partial charge on any atom is 0.330 e. The van der Waals surface area contributed by atoms with Gasteiger partial charge in [0.05, 0.1) is 6.61 Å². The van der Waals surface area contributed by atoms with Gasteiger partial charge in [-0.05, 0) is 42.8 Å². The summed E-state index contributed by atoms with van der Waals surface area (Å²) in [6.07, 6.45) is 2.55. The van der Waals surface area contributed by atoms with Gasteiger partial charge in [-0.1, -0.05) is 32.4 Å². The van der Waals surface area contributed by atoms with Crippen molar-refractivity contribution in [1.82, 2.24) is 9.55 Å². The summed E-state index contributed by atoms with van der Waals surface area (Å²) in [7, 11) is 1.56. The standard InChI is InChI=1S/C20H29N5O3S/c1-4-6-10-25-17(21)16(18(26)23-19(25)27)24(11-12-28-3)20(29)22-15-9-7-8-14(5-2)13-15/h7-9,13H,4-6,10-12,21H2,1-3H3,(H,22,29)(H,23,26,27). The van der Waals surface area contributed by atoms with Crippen LogP contribution in [0.15, 0.2) is 33.9 Å². The topological polar surface area (TPSA) is 105 Å². The van der Waals surface area contributed by atoms with Crippen LogP contribution in [-0.4, -0.2) is 34.9 Å². The Kier molecular flexibility index (Phi) is 8.41. The lowest BCUT2D eigenvalue weighted by molar-refractivity contribution is 0.208. The highest BCUT2D eigenvalue weighted by molar-refractivity contribution is 7.80. The number of methoxy groups -OCH3 is 1. The van der Waals surface area contributed by atoms with Crippen LogP contribution in [0.3, 0.4) is 0 Å². The zero-order valence-electron chi connectivity index (χ0n) is 17.2. The molecule has 0 radical (unpaired) electrons. The second-order valence-corrected chi connectivity index (χ2v) is 7.01. The Hall–Kier alpha value is -2.65. The third-order valence-corrected chi connectivity index (χ3v) is 4.89. The summed E-state index contributed by atoms with van der Waals surface area (Å²) in [5.41, 5.74) is 7.26. The van der Waals surface area contributed by atoms with Gasteiger partial charge in [-0.25, -0.2) is 4.79 Å². The van der Waals surface area contributed by atoms with Crippen LogP contribution in [0, 0.1) is 0 Å². The summed E-state index contributed by atoms with van der Waals surface area (Å²) >= 11 is 5.58. The smallest absolute Gasteiger partial charge is 0.330 e. The van der Waals surface area contributed by atoms with Crippen molar-refractivity contribution < 1.29 is 4.74 Å². The van der Waals surface area contributed by atoms with E-state index in [1.165, 1.54) is 4.57 Å². The van der Waals surface area contributed by atoms with Crippen molar-refractivity contribution in [2.45, 2.75) is 39.7 Å². The summed E-state index contributed by atoms with van der Waals surface area (Å²) in [6.45, 7) is 5.13. The van der Waals surface area contributed by atoms with Gasteiger partial charge in [-0.2, -0.15) is 0 Å². The van der Waals surface area contributed by atoms with E-state index in [0.29, 0.717) is 24.8 Å². The SMILES string of the molecule is CCCCn1c(N)c(N(CCOC)C(=S)Nc2cccc(CC)c2)c(=O)[nH]c1=O. The van der Waals surface area contributed by atoms with Crippen molar-refractivity contribution in [1.29, 1.82) is 0 Å². The number of benzene rings is 1. The lowest BCUT2D eigenvalue weighted by Crippen LogP contribution is -2.44. The van der Waals surface area contributed by atoms with Crippen molar-refractivity contribution >= 4 is 34.5 Å². The highest BCUT2D eigenvalue weighted by Gasteiger charge is 2.22. The highest BCUT2D eigenvalue weighted by Crippen LogP contribution is 2.19. The van der Waals surface area contributed by atoms with Crippen molar-refractivity contribution in [2.24, 2.45) is 0 Å². The van der Waals surface area contributed by atoms with Gasteiger partial charge in [0.15, 0.2) is 10.8 Å². The molecule has 1 aromatic carbocycles. The summed E-state index contributed by atoms with van der Waals surface area (Å²) < 4.78 is 6.55. The minimum absolute atomic E-state index is 0.0924. The zero-order chi connectivity index (χ0) is 21.4. The minimum atomic E-state index is -0.581. The number of unbranched alkanes of at least 4 members (excludes halogenated alkanes) is 1. The van der Waals surface area contributed by atoms with Gasteiger partial charge < -0.3 is 20.7 Å². The Morgan fingerprint density at radius 3 is 2.76 bits per heavy atom. The minimum Gasteiger partial charge on any atom is -0.383 e. The lowest BCUT2D eigenvalue weighted by atomic mass is 10.1. The van der Waals surface area contributed by atoms with Gasteiger partial charge in [0.2, 0.25) is 0 Å². The van der Waals surface area contributed by atoms with Crippen LogP contribution in [0.5, 0.6) is 0 Å². The Labute approximate surface area is 175 Å². The molecule has 0 saturated carbocycles. The monoisotopic (exact) mass is 419 g/mol. The molecule has 0 atom stereocenters. The number of aromatic amines is 1. The van der Waals surface area contributed by atoms with E-state index in [4.69, 9.17) is 22.7 Å². The Morgan fingerprint density at radius 2 is 2.10 bits per heavy atom. The molecule has 8 nitrogen and oxygen atoms in total. The zero-order valence-corrected chi connectivity index (χ0v) is 18.0. The molecule has 4 N–H and O–H groups in total. The fourth-order valence-electron chi connectivity index (χ4n) is 2.93. The Balaban J connectivity index is 2.44. The van der Waals surface area contributed by atoms with Crippen LogP contribution in [0.2, 0.25) is 0 Å². The number of anilines is 3. The molecule has 1 heterocycles. The number of nitrogens with two attached hydrogens (primary N) is 1. The first-order chi connectivity index (χ1) is 13.9. The molecule has 0 bridgehead atoms. The molecule has 158 valence electrons. The Bertz CT molecular complexity index is 954. The molecular formula is C20H29N5O3S. The molecule has 0 unspecified atom stereocenters. The number of nitrogens with zero attached hydrogens (tertiary/aromatic N) is 2. The van der Waals surface area contributed by atoms with Crippen molar-refractivity contribution in [3.63, 3.8) is 0 Å². The van der Waals surface area contributed by atoms with Crippen molar-refractivity contribution in [3.05, 3.63) is 50.7 Å². The van der Waals surface area contributed by atoms with E-state index in [1.54, 1.807) is 12.0 Å². The van der Waals surface area contributed by atoms with E-state index in [9.17, 15) is 9.59 Å². The molecule has 0 spiro atoms. The van der Waals surface area contributed by atoms with Gasteiger partial charge in [-0.3, -0.25) is 14.3 Å². The van der Waals surface area contributed by atoms with Crippen molar-refractivity contribution in [3.8, 4) is 0 Å². The Morgan fingerprint density at radius 1 is 1.34 bits per heavy atom. The molecule has 0 aliphatic carbocycles. The molecular weight excluding hydrogens is 390 g/mol. The number of H-pyrrole nitrogens is 1. The van der Waals surface area contributed by atoms with Gasteiger partial charge in [0.25, 0.3) is 5.56 Å². The average molecular weight is 420 g/mol. The number of nitrogens with one attached hydrogen (secondary N) is 2. The molecule has 0 aliphatic rings. The van der Waals surface area contributed by atoms with E-state index in [2.05, 4.69) is 17.2 Å². The molecule has 2 rings (SSSR count). The summed E-state index contributed by atoms with van der Waals surface area (Å²) in [5.74, 6) is 0.0924. The van der Waals surface area contributed by atoms with Crippen LogP contribution in [0.1, 0.15) is 32.3 Å². The van der Waals surface area contributed by atoms with E-state index in [0.717, 1.165) is 30.5 Å². The van der Waals surface area contributed by atoms with E-state index in [-0.39, 0.29) is 11.5 Å². The number of aromatic nitrogens is 2. The normalized spacial score (nSPS) is 10.7. The molecule has 0 aliphatic heterocycles. The fourth-order valence-corrected chi connectivity index (χ4v) is 3.23. The number of thiocarbonyl (C=S) groups is 1. The first-order valence-corrected chi connectivity index (χ1v) is 10.1. The second-order valence-electron chi connectivity index (χ2n) is 6.63. The predicted octanol–water partition coefficient (Wildman–Crippen LogP) is 2.33. The molecule has 0 amide bonds. The quantitative estimate of drug-likeness (QED) is 0.536. The first-order valence-electron chi connectivity index (χ1n) is 9.71. The molecule has 0 fully saturated rings. The number of ether oxygens (including phenoxy) is 1. The third-order valence-electron chi connectivity index (χ3n) is 4.57. The largest absolute Gasteiger partial charge is 0.383 e. The van der Waals surface area contributed by atoms with Crippen LogP contribution < -0.4 is 27.2 Å². The molecule has 29 heavy (non-hydrogen) atoms.